The molecule has 3 nitrogen and oxygen atoms in total. The van der Waals surface area contributed by atoms with Crippen LogP contribution in [0.15, 0.2) is 18.2 Å². The molecule has 0 bridgehead atoms. The van der Waals surface area contributed by atoms with Gasteiger partial charge in [-0.05, 0) is 42.0 Å². The first kappa shape index (κ1) is 14.2. The van der Waals surface area contributed by atoms with Crippen LogP contribution >= 0.6 is 0 Å². The highest BCUT2D eigenvalue weighted by Gasteiger charge is 2.18. The lowest BCUT2D eigenvalue weighted by atomic mass is 9.83. The Labute approximate surface area is 120 Å². The van der Waals surface area contributed by atoms with E-state index in [1.807, 2.05) is 6.07 Å². The molecule has 0 unspecified atom stereocenters. The Bertz CT molecular complexity index is 671. The minimum atomic E-state index is 0.126. The number of nitrogens with one attached hydrogen (secondary N) is 1. The average Bonchev–Trinajstić information content (AvgIpc) is 2.68. The van der Waals surface area contributed by atoms with Crippen LogP contribution < -0.4 is 5.73 Å². The maximum absolute atomic E-state index is 9.02. The van der Waals surface area contributed by atoms with Crippen LogP contribution in [0.5, 0.6) is 0 Å². The summed E-state index contributed by atoms with van der Waals surface area (Å²) in [6, 6.07) is 8.35. The van der Waals surface area contributed by atoms with Crippen molar-refractivity contribution in [3.05, 3.63) is 40.5 Å². The van der Waals surface area contributed by atoms with Crippen LogP contribution in [-0.4, -0.2) is 4.98 Å². The van der Waals surface area contributed by atoms with E-state index in [0.717, 1.165) is 11.3 Å². The van der Waals surface area contributed by atoms with Crippen LogP contribution in [0, 0.1) is 25.2 Å². The van der Waals surface area contributed by atoms with Crippen molar-refractivity contribution in [2.24, 2.45) is 0 Å². The quantitative estimate of drug-likeness (QED) is 0.818. The molecule has 0 spiro atoms. The monoisotopic (exact) mass is 267 g/mol. The fraction of sp³-hybridized carbons (Fsp3) is 0.353. The van der Waals surface area contributed by atoms with Crippen molar-refractivity contribution < 1.29 is 0 Å². The van der Waals surface area contributed by atoms with E-state index in [2.05, 4.69) is 57.8 Å². The van der Waals surface area contributed by atoms with E-state index in [9.17, 15) is 0 Å². The Hall–Kier alpha value is -2.21. The van der Waals surface area contributed by atoms with Gasteiger partial charge in [-0.1, -0.05) is 32.9 Å². The molecule has 0 amide bonds. The van der Waals surface area contributed by atoms with E-state index in [1.165, 1.54) is 16.7 Å². The van der Waals surface area contributed by atoms with Crippen molar-refractivity contribution in [2.75, 3.05) is 5.73 Å². The molecule has 3 N–H and O–H groups in total. The number of hydrogen-bond acceptors (Lipinski definition) is 2. The zero-order valence-electron chi connectivity index (χ0n) is 12.8. The largest absolute Gasteiger partial charge is 0.384 e. The Balaban J connectivity index is 2.61. The maximum Gasteiger partial charge on any atom is 0.119 e. The summed E-state index contributed by atoms with van der Waals surface area (Å²) >= 11 is 0. The Morgan fingerprint density at radius 3 is 2.05 bits per heavy atom. The van der Waals surface area contributed by atoms with Gasteiger partial charge in [0.15, 0.2) is 0 Å². The number of aromatic amines is 1. The van der Waals surface area contributed by atoms with Crippen LogP contribution in [0.25, 0.3) is 11.3 Å². The molecule has 0 aliphatic heterocycles. The summed E-state index contributed by atoms with van der Waals surface area (Å²) in [6.07, 6.45) is 0. The Kier molecular flexibility index (Phi) is 3.35. The summed E-state index contributed by atoms with van der Waals surface area (Å²) in [4.78, 5) is 3.11. The molecule has 1 heterocycles. The number of anilines is 1. The molecule has 104 valence electrons. The van der Waals surface area contributed by atoms with Crippen molar-refractivity contribution in [3.63, 3.8) is 0 Å². The maximum atomic E-state index is 9.02. The fourth-order valence-electron chi connectivity index (χ4n) is 2.52. The topological polar surface area (TPSA) is 65.6 Å². The summed E-state index contributed by atoms with van der Waals surface area (Å²) < 4.78 is 0. The number of nitrogens with two attached hydrogens (primary N) is 1. The third-order valence-corrected chi connectivity index (χ3v) is 3.64. The summed E-state index contributed by atoms with van der Waals surface area (Å²) in [5, 5.41) is 9.02. The molecule has 2 rings (SSSR count). The number of H-pyrrole nitrogens is 1. The van der Waals surface area contributed by atoms with Crippen molar-refractivity contribution in [1.82, 2.24) is 4.98 Å². The second-order valence-corrected chi connectivity index (χ2v) is 6.36. The zero-order valence-corrected chi connectivity index (χ0v) is 12.8. The van der Waals surface area contributed by atoms with Crippen LogP contribution in [0.2, 0.25) is 0 Å². The Morgan fingerprint density at radius 2 is 1.65 bits per heavy atom. The zero-order chi connectivity index (χ0) is 15.1. The number of hydrogen-bond donors (Lipinski definition) is 2. The van der Waals surface area contributed by atoms with E-state index in [0.29, 0.717) is 11.4 Å². The van der Waals surface area contributed by atoms with Gasteiger partial charge < -0.3 is 10.7 Å². The third kappa shape index (κ3) is 2.42. The normalized spacial score (nSPS) is 11.4. The molecule has 1 aromatic carbocycles. The smallest absolute Gasteiger partial charge is 0.119 e. The number of benzene rings is 1. The molecule has 1 aromatic heterocycles. The van der Waals surface area contributed by atoms with Crippen LogP contribution in [0.1, 0.15) is 43.0 Å². The number of nitriles is 1. The van der Waals surface area contributed by atoms with Gasteiger partial charge in [-0.15, -0.1) is 0 Å². The number of nitrogens with zero attached hydrogens (tertiary/aromatic N) is 1. The van der Waals surface area contributed by atoms with Crippen molar-refractivity contribution in [2.45, 2.75) is 40.0 Å². The van der Waals surface area contributed by atoms with Crippen molar-refractivity contribution in [1.29, 1.82) is 5.26 Å². The molecule has 0 fully saturated rings. The summed E-state index contributed by atoms with van der Waals surface area (Å²) in [5.74, 6) is 0.432. The molecular weight excluding hydrogens is 246 g/mol. The van der Waals surface area contributed by atoms with Gasteiger partial charge in [0, 0.05) is 11.3 Å². The number of aromatic nitrogens is 1. The van der Waals surface area contributed by atoms with Gasteiger partial charge in [0.05, 0.1) is 5.56 Å². The van der Waals surface area contributed by atoms with Crippen LogP contribution in [0.3, 0.4) is 0 Å². The molecule has 0 radical (unpaired) electrons. The van der Waals surface area contributed by atoms with Gasteiger partial charge in [0.2, 0.25) is 0 Å². The molecule has 0 saturated heterocycles. The minimum absolute atomic E-state index is 0.126. The van der Waals surface area contributed by atoms with Gasteiger partial charge in [-0.2, -0.15) is 5.26 Å². The first-order valence-electron chi connectivity index (χ1n) is 6.74. The van der Waals surface area contributed by atoms with Crippen LogP contribution in [0.4, 0.5) is 5.82 Å². The molecule has 0 aliphatic rings. The third-order valence-electron chi connectivity index (χ3n) is 3.64. The summed E-state index contributed by atoms with van der Waals surface area (Å²) in [5.41, 5.74) is 12.2. The Morgan fingerprint density at radius 1 is 1.10 bits per heavy atom. The van der Waals surface area contributed by atoms with E-state index in [1.54, 1.807) is 0 Å². The van der Waals surface area contributed by atoms with E-state index in [4.69, 9.17) is 11.0 Å². The lowest BCUT2D eigenvalue weighted by Gasteiger charge is -2.22. The second-order valence-electron chi connectivity index (χ2n) is 6.36. The van der Waals surface area contributed by atoms with Gasteiger partial charge in [-0.25, -0.2) is 0 Å². The SMILES string of the molecule is Cc1cc(C(C)(C)C)cc(C)c1-c1cc(C#N)c(N)[nH]1. The molecule has 3 heteroatoms. The first-order chi connectivity index (χ1) is 9.24. The lowest BCUT2D eigenvalue weighted by Crippen LogP contribution is -2.12. The standard InChI is InChI=1S/C17H21N3/c1-10-6-13(17(3,4)5)7-11(2)15(10)14-8-12(9-18)16(19)20-14/h6-8,20H,19H2,1-5H3. The number of rotatable bonds is 1. The van der Waals surface area contributed by atoms with Gasteiger partial charge in [0.25, 0.3) is 0 Å². The average molecular weight is 267 g/mol. The fourth-order valence-corrected chi connectivity index (χ4v) is 2.52. The number of aryl methyl sites for hydroxylation is 2. The second kappa shape index (κ2) is 4.72. The highest BCUT2D eigenvalue weighted by Crippen LogP contribution is 2.33. The summed E-state index contributed by atoms with van der Waals surface area (Å²) in [7, 11) is 0. The highest BCUT2D eigenvalue weighted by atomic mass is 14.9. The van der Waals surface area contributed by atoms with Gasteiger partial charge in [-0.3, -0.25) is 0 Å². The van der Waals surface area contributed by atoms with Gasteiger partial charge >= 0.3 is 0 Å². The van der Waals surface area contributed by atoms with Crippen molar-refractivity contribution in [3.8, 4) is 17.3 Å². The molecular formula is C17H21N3. The highest BCUT2D eigenvalue weighted by molar-refractivity contribution is 5.73. The molecule has 0 aliphatic carbocycles. The van der Waals surface area contributed by atoms with Crippen molar-refractivity contribution >= 4 is 5.82 Å². The van der Waals surface area contributed by atoms with E-state index in [-0.39, 0.29) is 5.41 Å². The number of nitrogen functional groups attached to an aromatic ring is 1. The predicted octanol–water partition coefficient (Wildman–Crippen LogP) is 4.05. The lowest BCUT2D eigenvalue weighted by molar-refractivity contribution is 0.589. The predicted molar refractivity (Wildman–Crippen MR) is 83.5 cm³/mol. The first-order valence-corrected chi connectivity index (χ1v) is 6.74. The van der Waals surface area contributed by atoms with E-state index < -0.39 is 0 Å². The molecule has 0 atom stereocenters. The molecule has 0 saturated carbocycles. The molecule has 2 aromatic rings. The minimum Gasteiger partial charge on any atom is -0.384 e. The van der Waals surface area contributed by atoms with E-state index >= 15 is 0 Å². The van der Waals surface area contributed by atoms with Crippen LogP contribution in [-0.2, 0) is 5.41 Å². The molecule has 20 heavy (non-hydrogen) atoms. The summed E-state index contributed by atoms with van der Waals surface area (Å²) in [6.45, 7) is 10.8. The van der Waals surface area contributed by atoms with Gasteiger partial charge in [0.1, 0.15) is 11.9 Å².